The van der Waals surface area contributed by atoms with E-state index in [0.717, 1.165) is 0 Å². The van der Waals surface area contributed by atoms with Crippen molar-refractivity contribution in [3.63, 3.8) is 0 Å². The number of aliphatic hydroxyl groups excluding tert-OH is 1. The first-order valence-electron chi connectivity index (χ1n) is 4.25. The quantitative estimate of drug-likeness (QED) is 0.436. The van der Waals surface area contributed by atoms with Gasteiger partial charge in [0.1, 0.15) is 0 Å². The number of rotatable bonds is 2. The van der Waals surface area contributed by atoms with Gasteiger partial charge in [0.15, 0.2) is 0 Å². The first-order chi connectivity index (χ1) is 5.61. The average Bonchev–Trinajstić information content (AvgIpc) is 2.04. The van der Waals surface area contributed by atoms with Crippen molar-refractivity contribution in [1.29, 1.82) is 0 Å². The van der Waals surface area contributed by atoms with E-state index in [1.54, 1.807) is 0 Å². The standard InChI is InChI=1S/C8H15NO3.Na/c9-7(8(11)12)5-1-3-6(10)4-2-5;/h5-7,10H,1-4,9H2,(H,11,12);/q;+1/p-1. The van der Waals surface area contributed by atoms with Crippen LogP contribution in [0.4, 0.5) is 0 Å². The van der Waals surface area contributed by atoms with E-state index < -0.39 is 12.0 Å². The number of nitrogens with two attached hydrogens (primary N) is 1. The Morgan fingerprint density at radius 2 is 1.85 bits per heavy atom. The summed E-state index contributed by atoms with van der Waals surface area (Å²) in [7, 11) is 0. The molecule has 1 aliphatic rings. The fraction of sp³-hybridized carbons (Fsp3) is 0.875. The Kier molecular flexibility index (Phi) is 6.16. The topological polar surface area (TPSA) is 86.4 Å². The largest absolute Gasteiger partial charge is 1.00 e. The van der Waals surface area contributed by atoms with E-state index in [0.29, 0.717) is 25.7 Å². The molecule has 5 heteroatoms. The van der Waals surface area contributed by atoms with E-state index in [-0.39, 0.29) is 41.6 Å². The molecule has 1 unspecified atom stereocenters. The predicted octanol–water partition coefficient (Wildman–Crippen LogP) is -4.38. The first-order valence-corrected chi connectivity index (χ1v) is 4.25. The number of carboxylic acids is 1. The second-order valence-electron chi connectivity index (χ2n) is 3.41. The SMILES string of the molecule is NC(C(=O)[O-])C1CCC(O)CC1.[Na+]. The molecule has 1 aliphatic carbocycles. The summed E-state index contributed by atoms with van der Waals surface area (Å²) in [6.45, 7) is 0. The van der Waals surface area contributed by atoms with Crippen LogP contribution < -0.4 is 40.4 Å². The molecule has 1 atom stereocenters. The van der Waals surface area contributed by atoms with Crippen molar-refractivity contribution in [2.75, 3.05) is 0 Å². The number of carbonyl (C=O) groups excluding carboxylic acids is 1. The van der Waals surface area contributed by atoms with Crippen LogP contribution in [-0.4, -0.2) is 23.2 Å². The first kappa shape index (κ1) is 13.4. The molecule has 0 heterocycles. The summed E-state index contributed by atoms with van der Waals surface area (Å²) in [5, 5.41) is 19.5. The van der Waals surface area contributed by atoms with Crippen molar-refractivity contribution >= 4 is 5.97 Å². The Bertz CT molecular complexity index is 169. The molecule has 0 bridgehead atoms. The molecule has 3 N–H and O–H groups in total. The number of aliphatic hydroxyl groups is 1. The summed E-state index contributed by atoms with van der Waals surface area (Å²) in [6, 6.07) is -0.863. The van der Waals surface area contributed by atoms with Crippen LogP contribution in [0.3, 0.4) is 0 Å². The van der Waals surface area contributed by atoms with E-state index in [2.05, 4.69) is 0 Å². The van der Waals surface area contributed by atoms with E-state index in [1.165, 1.54) is 0 Å². The molecule has 70 valence electrons. The molecule has 4 nitrogen and oxygen atoms in total. The van der Waals surface area contributed by atoms with Gasteiger partial charge in [-0.05, 0) is 31.6 Å². The minimum atomic E-state index is -1.18. The summed E-state index contributed by atoms with van der Waals surface area (Å²) in [6.07, 6.45) is 2.43. The van der Waals surface area contributed by atoms with Crippen molar-refractivity contribution in [1.82, 2.24) is 0 Å². The van der Waals surface area contributed by atoms with Gasteiger partial charge >= 0.3 is 29.6 Å². The molecule has 1 saturated carbocycles. The minimum absolute atomic E-state index is 0. The van der Waals surface area contributed by atoms with Gasteiger partial charge in [0.25, 0.3) is 0 Å². The summed E-state index contributed by atoms with van der Waals surface area (Å²) in [4.78, 5) is 10.4. The second kappa shape index (κ2) is 5.98. The van der Waals surface area contributed by atoms with Gasteiger partial charge in [-0.15, -0.1) is 0 Å². The number of aliphatic carboxylic acids is 1. The molecular weight excluding hydrogens is 181 g/mol. The van der Waals surface area contributed by atoms with Gasteiger partial charge in [0, 0.05) is 6.04 Å². The molecule has 0 radical (unpaired) electrons. The third kappa shape index (κ3) is 3.95. The van der Waals surface area contributed by atoms with Gasteiger partial charge in [-0.1, -0.05) is 0 Å². The van der Waals surface area contributed by atoms with Gasteiger partial charge in [0.05, 0.1) is 12.1 Å². The molecule has 0 amide bonds. The minimum Gasteiger partial charge on any atom is -0.548 e. The zero-order valence-electron chi connectivity index (χ0n) is 7.90. The number of hydrogen-bond acceptors (Lipinski definition) is 4. The van der Waals surface area contributed by atoms with E-state index in [4.69, 9.17) is 10.8 Å². The van der Waals surface area contributed by atoms with Gasteiger partial charge < -0.3 is 20.7 Å². The molecule has 0 aromatic heterocycles. The monoisotopic (exact) mass is 195 g/mol. The fourth-order valence-electron chi connectivity index (χ4n) is 1.65. The predicted molar refractivity (Wildman–Crippen MR) is 40.9 cm³/mol. The van der Waals surface area contributed by atoms with Gasteiger partial charge in [0.2, 0.25) is 0 Å². The van der Waals surface area contributed by atoms with Crippen molar-refractivity contribution in [3.05, 3.63) is 0 Å². The zero-order chi connectivity index (χ0) is 9.14. The maximum atomic E-state index is 10.4. The molecule has 1 rings (SSSR count). The Balaban J connectivity index is 0.00000144. The van der Waals surface area contributed by atoms with Crippen LogP contribution in [0.5, 0.6) is 0 Å². The van der Waals surface area contributed by atoms with E-state index in [1.807, 2.05) is 0 Å². The van der Waals surface area contributed by atoms with E-state index in [9.17, 15) is 9.90 Å². The maximum Gasteiger partial charge on any atom is 1.00 e. The van der Waals surface area contributed by atoms with Crippen molar-refractivity contribution in [2.24, 2.45) is 11.7 Å². The number of carbonyl (C=O) groups is 1. The molecule has 0 aromatic rings. The van der Waals surface area contributed by atoms with Crippen LogP contribution in [0, 0.1) is 5.92 Å². The van der Waals surface area contributed by atoms with Gasteiger partial charge in [-0.3, -0.25) is 0 Å². The van der Waals surface area contributed by atoms with Crippen LogP contribution in [0.2, 0.25) is 0 Å². The molecule has 0 aromatic carbocycles. The van der Waals surface area contributed by atoms with Crippen LogP contribution in [0.25, 0.3) is 0 Å². The smallest absolute Gasteiger partial charge is 0.548 e. The molecule has 0 spiro atoms. The van der Waals surface area contributed by atoms with Crippen LogP contribution >= 0.6 is 0 Å². The van der Waals surface area contributed by atoms with Crippen LogP contribution in [0.1, 0.15) is 25.7 Å². The normalized spacial score (nSPS) is 30.3. The molecule has 0 saturated heterocycles. The zero-order valence-corrected chi connectivity index (χ0v) is 9.90. The Morgan fingerprint density at radius 1 is 1.38 bits per heavy atom. The fourth-order valence-corrected chi connectivity index (χ4v) is 1.65. The van der Waals surface area contributed by atoms with Gasteiger partial charge in [-0.2, -0.15) is 0 Å². The number of hydrogen-bond donors (Lipinski definition) is 2. The Labute approximate surface area is 99.8 Å². The van der Waals surface area contributed by atoms with E-state index >= 15 is 0 Å². The summed E-state index contributed by atoms with van der Waals surface area (Å²) in [5.41, 5.74) is 5.39. The maximum absolute atomic E-state index is 10.4. The van der Waals surface area contributed by atoms with Crippen molar-refractivity contribution in [3.8, 4) is 0 Å². The molecule has 13 heavy (non-hydrogen) atoms. The van der Waals surface area contributed by atoms with Crippen LogP contribution in [-0.2, 0) is 4.79 Å². The van der Waals surface area contributed by atoms with Crippen molar-refractivity contribution < 1.29 is 44.6 Å². The van der Waals surface area contributed by atoms with Gasteiger partial charge in [-0.25, -0.2) is 0 Å². The summed E-state index contributed by atoms with van der Waals surface area (Å²) in [5.74, 6) is -1.20. The third-order valence-corrected chi connectivity index (χ3v) is 2.52. The van der Waals surface area contributed by atoms with Crippen LogP contribution in [0.15, 0.2) is 0 Å². The average molecular weight is 195 g/mol. The Morgan fingerprint density at radius 3 is 2.23 bits per heavy atom. The molecule has 0 aliphatic heterocycles. The third-order valence-electron chi connectivity index (χ3n) is 2.52. The molecular formula is C8H14NNaO3. The summed E-state index contributed by atoms with van der Waals surface area (Å²) >= 11 is 0. The number of carboxylic acid groups (broad SMARTS) is 1. The second-order valence-corrected chi connectivity index (χ2v) is 3.41. The summed E-state index contributed by atoms with van der Waals surface area (Å²) < 4.78 is 0. The van der Waals surface area contributed by atoms with Crippen molar-refractivity contribution in [2.45, 2.75) is 37.8 Å². The molecule has 1 fully saturated rings. The Hall–Kier alpha value is 0.390.